The molecule has 2 aliphatic rings. The van der Waals surface area contributed by atoms with Crippen LogP contribution in [0.25, 0.3) is 16.1 Å². The Bertz CT molecular complexity index is 1010. The predicted octanol–water partition coefficient (Wildman–Crippen LogP) is 3.38. The topological polar surface area (TPSA) is 74.3 Å². The SMILES string of the molecule is [C-]#[N+]c1ccc(C2=C3C(=O)CC(c4ccc(C#N)cc4)=C3C(=O)N2)cc1. The number of ketones is 1. The predicted molar refractivity (Wildman–Crippen MR) is 95.5 cm³/mol. The summed E-state index contributed by atoms with van der Waals surface area (Å²) < 4.78 is 0. The number of nitrogens with one attached hydrogen (secondary N) is 1. The Kier molecular flexibility index (Phi) is 3.49. The fourth-order valence-corrected chi connectivity index (χ4v) is 3.29. The van der Waals surface area contributed by atoms with E-state index in [1.165, 1.54) is 0 Å². The number of rotatable bonds is 2. The van der Waals surface area contributed by atoms with Crippen molar-refractivity contribution in [2.24, 2.45) is 0 Å². The van der Waals surface area contributed by atoms with Crippen LogP contribution in [0, 0.1) is 17.9 Å². The van der Waals surface area contributed by atoms with E-state index in [1.807, 2.05) is 0 Å². The molecular weight excluding hydrogens is 326 g/mol. The Morgan fingerprint density at radius 1 is 0.962 bits per heavy atom. The van der Waals surface area contributed by atoms with Gasteiger partial charge in [-0.3, -0.25) is 9.59 Å². The Balaban J connectivity index is 1.84. The van der Waals surface area contributed by atoms with Crippen molar-refractivity contribution < 1.29 is 9.59 Å². The number of benzene rings is 2. The molecule has 0 radical (unpaired) electrons. The summed E-state index contributed by atoms with van der Waals surface area (Å²) in [5, 5.41) is 11.7. The summed E-state index contributed by atoms with van der Waals surface area (Å²) in [6.07, 6.45) is 0.160. The summed E-state index contributed by atoms with van der Waals surface area (Å²) in [6.45, 7) is 7.02. The van der Waals surface area contributed by atoms with E-state index in [2.05, 4.69) is 16.2 Å². The maximum atomic E-state index is 12.6. The lowest BCUT2D eigenvalue weighted by Gasteiger charge is -2.06. The summed E-state index contributed by atoms with van der Waals surface area (Å²) in [4.78, 5) is 28.5. The van der Waals surface area contributed by atoms with Gasteiger partial charge in [-0.15, -0.1) is 0 Å². The summed E-state index contributed by atoms with van der Waals surface area (Å²) in [5.41, 5.74) is 4.47. The van der Waals surface area contributed by atoms with Crippen LogP contribution in [0.2, 0.25) is 0 Å². The minimum atomic E-state index is -0.297. The lowest BCUT2D eigenvalue weighted by atomic mass is 10.00. The second-order valence-electron chi connectivity index (χ2n) is 6.01. The monoisotopic (exact) mass is 337 g/mol. The second kappa shape index (κ2) is 5.84. The zero-order chi connectivity index (χ0) is 18.3. The molecule has 1 N–H and O–H groups in total. The first kappa shape index (κ1) is 15.6. The minimum Gasteiger partial charge on any atom is -0.321 e. The first-order chi connectivity index (χ1) is 12.6. The van der Waals surface area contributed by atoms with Gasteiger partial charge in [-0.25, -0.2) is 4.85 Å². The number of hydrogen-bond acceptors (Lipinski definition) is 3. The van der Waals surface area contributed by atoms with Crippen LogP contribution in [0.3, 0.4) is 0 Å². The standard InChI is InChI=1S/C21H11N3O2/c1-23-15-8-6-14(7-9-15)20-19-17(25)10-16(18(19)21(26)24-20)13-4-2-12(11-22)3-5-13/h2-9H,10H2,(H,24,26). The quantitative estimate of drug-likeness (QED) is 0.854. The van der Waals surface area contributed by atoms with Crippen molar-refractivity contribution in [2.45, 2.75) is 6.42 Å². The van der Waals surface area contributed by atoms with Crippen LogP contribution in [0.4, 0.5) is 5.69 Å². The molecule has 0 aromatic heterocycles. The fraction of sp³-hybridized carbons (Fsp3) is 0.0476. The van der Waals surface area contributed by atoms with Crippen molar-refractivity contribution in [3.63, 3.8) is 0 Å². The number of nitrogens with zero attached hydrogens (tertiary/aromatic N) is 2. The molecule has 0 saturated heterocycles. The van der Waals surface area contributed by atoms with Gasteiger partial charge < -0.3 is 5.32 Å². The van der Waals surface area contributed by atoms with Gasteiger partial charge in [-0.2, -0.15) is 5.26 Å². The number of hydrogen-bond donors (Lipinski definition) is 1. The summed E-state index contributed by atoms with van der Waals surface area (Å²) in [7, 11) is 0. The first-order valence-corrected chi connectivity index (χ1v) is 7.93. The van der Waals surface area contributed by atoms with E-state index >= 15 is 0 Å². The molecule has 4 rings (SSSR count). The van der Waals surface area contributed by atoms with Gasteiger partial charge in [0, 0.05) is 6.42 Å². The van der Waals surface area contributed by atoms with Gasteiger partial charge in [0.15, 0.2) is 11.5 Å². The van der Waals surface area contributed by atoms with Gasteiger partial charge in [-0.1, -0.05) is 36.4 Å². The third-order valence-corrected chi connectivity index (χ3v) is 4.53. The van der Waals surface area contributed by atoms with Crippen molar-refractivity contribution in [3.05, 3.63) is 87.8 Å². The molecule has 0 saturated carbocycles. The lowest BCUT2D eigenvalue weighted by molar-refractivity contribution is -0.116. The van der Waals surface area contributed by atoms with Gasteiger partial charge in [0.2, 0.25) is 0 Å². The van der Waals surface area contributed by atoms with E-state index in [0.717, 1.165) is 5.56 Å². The van der Waals surface area contributed by atoms with Crippen LogP contribution in [0.5, 0.6) is 0 Å². The van der Waals surface area contributed by atoms with E-state index in [-0.39, 0.29) is 18.1 Å². The number of fused-ring (bicyclic) bond motifs is 1. The highest BCUT2D eigenvalue weighted by Gasteiger charge is 2.40. The summed E-state index contributed by atoms with van der Waals surface area (Å²) in [6, 6.07) is 15.7. The number of allylic oxidation sites excluding steroid dienone is 1. The highest BCUT2D eigenvalue weighted by Crippen LogP contribution is 2.42. The maximum Gasteiger partial charge on any atom is 0.256 e. The molecule has 1 heterocycles. The molecule has 2 aromatic rings. The molecule has 1 aliphatic carbocycles. The molecule has 26 heavy (non-hydrogen) atoms. The molecule has 5 heteroatoms. The molecule has 122 valence electrons. The van der Waals surface area contributed by atoms with Crippen molar-refractivity contribution in [3.8, 4) is 6.07 Å². The van der Waals surface area contributed by atoms with Gasteiger partial charge in [-0.05, 0) is 28.8 Å². The molecule has 0 bridgehead atoms. The largest absolute Gasteiger partial charge is 0.321 e. The molecule has 0 atom stereocenters. The van der Waals surface area contributed by atoms with E-state index in [1.54, 1.807) is 48.5 Å². The van der Waals surface area contributed by atoms with Crippen molar-refractivity contribution in [1.29, 1.82) is 5.26 Å². The summed E-state index contributed by atoms with van der Waals surface area (Å²) in [5.74, 6) is -0.406. The van der Waals surface area contributed by atoms with Crippen molar-refractivity contribution >= 4 is 28.6 Å². The van der Waals surface area contributed by atoms with Gasteiger partial charge >= 0.3 is 0 Å². The average molecular weight is 337 g/mol. The molecule has 1 amide bonds. The Hall–Kier alpha value is -3.96. The van der Waals surface area contributed by atoms with Crippen LogP contribution in [-0.2, 0) is 9.59 Å². The fourth-order valence-electron chi connectivity index (χ4n) is 3.29. The molecule has 1 aliphatic heterocycles. The van der Waals surface area contributed by atoms with Crippen molar-refractivity contribution in [1.82, 2.24) is 5.32 Å². The first-order valence-electron chi connectivity index (χ1n) is 7.93. The molecular formula is C21H11N3O2. The van der Waals surface area contributed by atoms with Crippen LogP contribution in [0.15, 0.2) is 59.7 Å². The number of Topliss-reactive ketones (excluding diaryl/α,β-unsaturated/α-hetero) is 1. The third-order valence-electron chi connectivity index (χ3n) is 4.53. The highest BCUT2D eigenvalue weighted by molar-refractivity contribution is 6.31. The van der Waals surface area contributed by atoms with Crippen LogP contribution >= 0.6 is 0 Å². The number of nitriles is 1. The molecule has 5 nitrogen and oxygen atoms in total. The maximum absolute atomic E-state index is 12.6. The van der Waals surface area contributed by atoms with Crippen LogP contribution in [-0.4, -0.2) is 11.7 Å². The van der Waals surface area contributed by atoms with Gasteiger partial charge in [0.1, 0.15) is 0 Å². The van der Waals surface area contributed by atoms with Gasteiger partial charge in [0.25, 0.3) is 5.91 Å². The Morgan fingerprint density at radius 2 is 1.62 bits per heavy atom. The Morgan fingerprint density at radius 3 is 2.23 bits per heavy atom. The second-order valence-corrected chi connectivity index (χ2v) is 6.01. The summed E-state index contributed by atoms with van der Waals surface area (Å²) >= 11 is 0. The smallest absolute Gasteiger partial charge is 0.256 e. The minimum absolute atomic E-state index is 0.109. The van der Waals surface area contributed by atoms with E-state index < -0.39 is 0 Å². The van der Waals surface area contributed by atoms with E-state index in [4.69, 9.17) is 11.8 Å². The lowest BCUT2D eigenvalue weighted by Crippen LogP contribution is -2.16. The van der Waals surface area contributed by atoms with E-state index in [9.17, 15) is 9.59 Å². The zero-order valence-electron chi connectivity index (χ0n) is 13.5. The highest BCUT2D eigenvalue weighted by atomic mass is 16.2. The normalized spacial score (nSPS) is 15.6. The molecule has 2 aromatic carbocycles. The average Bonchev–Trinajstić information content (AvgIpc) is 3.21. The van der Waals surface area contributed by atoms with E-state index in [0.29, 0.717) is 39.2 Å². The third kappa shape index (κ3) is 2.31. The van der Waals surface area contributed by atoms with Crippen molar-refractivity contribution in [2.75, 3.05) is 0 Å². The Labute approximate surface area is 149 Å². The number of amides is 1. The van der Waals surface area contributed by atoms with Crippen LogP contribution < -0.4 is 5.32 Å². The number of carbonyl (C=O) groups excluding carboxylic acids is 2. The zero-order valence-corrected chi connectivity index (χ0v) is 13.5. The molecule has 0 spiro atoms. The van der Waals surface area contributed by atoms with Gasteiger partial charge in [0.05, 0.1) is 35.0 Å². The molecule has 0 unspecified atom stereocenters. The van der Waals surface area contributed by atoms with Crippen LogP contribution in [0.1, 0.15) is 23.1 Å². The number of carbonyl (C=O) groups is 2. The molecule has 0 fully saturated rings.